The SMILES string of the molecule is C=C(C(=O)O)C(C1CCCCC1)C(C)(C)C. The molecule has 0 bridgehead atoms. The van der Waals surface area contributed by atoms with Crippen LogP contribution in [0.4, 0.5) is 0 Å². The van der Waals surface area contributed by atoms with Gasteiger partial charge in [0.25, 0.3) is 0 Å². The van der Waals surface area contributed by atoms with Gasteiger partial charge >= 0.3 is 5.97 Å². The maximum absolute atomic E-state index is 11.1. The van der Waals surface area contributed by atoms with Crippen molar-refractivity contribution in [1.29, 1.82) is 0 Å². The molecule has 0 aromatic rings. The molecule has 2 nitrogen and oxygen atoms in total. The number of carbonyl (C=O) groups is 1. The summed E-state index contributed by atoms with van der Waals surface area (Å²) in [4.78, 5) is 11.1. The predicted molar refractivity (Wildman–Crippen MR) is 66.3 cm³/mol. The first-order valence-corrected chi connectivity index (χ1v) is 6.26. The third kappa shape index (κ3) is 3.10. The fourth-order valence-corrected chi connectivity index (χ4v) is 3.11. The number of rotatable bonds is 3. The third-order valence-corrected chi connectivity index (χ3v) is 3.70. The molecule has 0 aromatic heterocycles. The van der Waals surface area contributed by atoms with Gasteiger partial charge in [0.15, 0.2) is 0 Å². The molecule has 1 aliphatic carbocycles. The monoisotopic (exact) mass is 224 g/mol. The van der Waals surface area contributed by atoms with Gasteiger partial charge in [-0.05, 0) is 30.1 Å². The molecule has 0 radical (unpaired) electrons. The maximum Gasteiger partial charge on any atom is 0.331 e. The lowest BCUT2D eigenvalue weighted by molar-refractivity contribution is -0.134. The Labute approximate surface area is 98.7 Å². The Hall–Kier alpha value is -0.790. The molecule has 1 aliphatic rings. The van der Waals surface area contributed by atoms with Crippen molar-refractivity contribution in [3.8, 4) is 0 Å². The topological polar surface area (TPSA) is 37.3 Å². The summed E-state index contributed by atoms with van der Waals surface area (Å²) in [6, 6.07) is 0. The van der Waals surface area contributed by atoms with E-state index in [1.165, 1.54) is 19.3 Å². The summed E-state index contributed by atoms with van der Waals surface area (Å²) >= 11 is 0. The summed E-state index contributed by atoms with van der Waals surface area (Å²) in [5.41, 5.74) is 0.400. The van der Waals surface area contributed by atoms with Crippen LogP contribution in [0.5, 0.6) is 0 Å². The highest BCUT2D eigenvalue weighted by atomic mass is 16.4. The lowest BCUT2D eigenvalue weighted by Gasteiger charge is -2.39. The highest BCUT2D eigenvalue weighted by Crippen LogP contribution is 2.43. The Morgan fingerprint density at radius 1 is 1.25 bits per heavy atom. The fraction of sp³-hybridized carbons (Fsp3) is 0.786. The van der Waals surface area contributed by atoms with Gasteiger partial charge in [-0.25, -0.2) is 4.79 Å². The average Bonchev–Trinajstić information content (AvgIpc) is 2.17. The Bertz CT molecular complexity index is 267. The maximum atomic E-state index is 11.1. The quantitative estimate of drug-likeness (QED) is 0.739. The predicted octanol–water partition coefficient (Wildman–Crippen LogP) is 3.87. The molecule has 16 heavy (non-hydrogen) atoms. The zero-order chi connectivity index (χ0) is 12.3. The van der Waals surface area contributed by atoms with E-state index in [0.29, 0.717) is 11.5 Å². The molecule has 0 spiro atoms. The van der Waals surface area contributed by atoms with Gasteiger partial charge in [0.05, 0.1) is 0 Å². The van der Waals surface area contributed by atoms with Crippen LogP contribution in [0.15, 0.2) is 12.2 Å². The molecule has 0 aromatic carbocycles. The normalized spacial score (nSPS) is 20.4. The molecule has 1 rings (SSSR count). The molecule has 1 fully saturated rings. The van der Waals surface area contributed by atoms with Crippen LogP contribution >= 0.6 is 0 Å². The van der Waals surface area contributed by atoms with Crippen molar-refractivity contribution in [1.82, 2.24) is 0 Å². The second-order valence-electron chi connectivity index (χ2n) is 6.07. The second-order valence-corrected chi connectivity index (χ2v) is 6.07. The van der Waals surface area contributed by atoms with Crippen molar-refractivity contribution in [3.63, 3.8) is 0 Å². The van der Waals surface area contributed by atoms with E-state index in [1.54, 1.807) is 0 Å². The molecule has 0 heterocycles. The Balaban J connectivity index is 2.86. The summed E-state index contributed by atoms with van der Waals surface area (Å²) in [6.45, 7) is 10.2. The van der Waals surface area contributed by atoms with Gasteiger partial charge in [-0.2, -0.15) is 0 Å². The van der Waals surface area contributed by atoms with Crippen LogP contribution < -0.4 is 0 Å². The fourth-order valence-electron chi connectivity index (χ4n) is 3.11. The van der Waals surface area contributed by atoms with Crippen molar-refractivity contribution in [2.24, 2.45) is 17.3 Å². The molecule has 2 heteroatoms. The van der Waals surface area contributed by atoms with Gasteiger partial charge in [-0.15, -0.1) is 0 Å². The number of hydrogen-bond donors (Lipinski definition) is 1. The van der Waals surface area contributed by atoms with E-state index in [2.05, 4.69) is 27.4 Å². The Morgan fingerprint density at radius 3 is 2.12 bits per heavy atom. The Morgan fingerprint density at radius 2 is 1.75 bits per heavy atom. The number of carboxylic acids is 1. The van der Waals surface area contributed by atoms with E-state index >= 15 is 0 Å². The van der Waals surface area contributed by atoms with Crippen LogP contribution in [0.3, 0.4) is 0 Å². The lowest BCUT2D eigenvalue weighted by Crippen LogP contribution is -2.33. The van der Waals surface area contributed by atoms with Crippen molar-refractivity contribution in [2.75, 3.05) is 0 Å². The van der Waals surface area contributed by atoms with E-state index in [-0.39, 0.29) is 11.3 Å². The van der Waals surface area contributed by atoms with Crippen molar-refractivity contribution in [2.45, 2.75) is 52.9 Å². The van der Waals surface area contributed by atoms with Gasteiger partial charge in [0, 0.05) is 5.57 Å². The first-order valence-electron chi connectivity index (χ1n) is 6.26. The first-order chi connectivity index (χ1) is 7.34. The van der Waals surface area contributed by atoms with Crippen LogP contribution in [0, 0.1) is 17.3 Å². The van der Waals surface area contributed by atoms with Crippen molar-refractivity contribution in [3.05, 3.63) is 12.2 Å². The Kier molecular flexibility index (Phi) is 4.17. The third-order valence-electron chi connectivity index (χ3n) is 3.70. The molecule has 92 valence electrons. The van der Waals surface area contributed by atoms with Crippen molar-refractivity contribution < 1.29 is 9.90 Å². The van der Waals surface area contributed by atoms with E-state index in [4.69, 9.17) is 5.11 Å². The molecule has 0 saturated heterocycles. The second kappa shape index (κ2) is 5.03. The summed E-state index contributed by atoms with van der Waals surface area (Å²) in [7, 11) is 0. The molecule has 1 N–H and O–H groups in total. The van der Waals surface area contributed by atoms with Gasteiger partial charge < -0.3 is 5.11 Å². The number of carboxylic acid groups (broad SMARTS) is 1. The summed E-state index contributed by atoms with van der Waals surface area (Å²) in [5, 5.41) is 9.15. The largest absolute Gasteiger partial charge is 0.478 e. The minimum absolute atomic E-state index is 0.00250. The zero-order valence-electron chi connectivity index (χ0n) is 10.8. The van der Waals surface area contributed by atoms with Gasteiger partial charge in [-0.1, -0.05) is 46.6 Å². The average molecular weight is 224 g/mol. The summed E-state index contributed by atoms with van der Waals surface area (Å²) in [6.07, 6.45) is 6.10. The van der Waals surface area contributed by atoms with Gasteiger partial charge in [-0.3, -0.25) is 0 Å². The van der Waals surface area contributed by atoms with Gasteiger partial charge in [0.2, 0.25) is 0 Å². The number of hydrogen-bond acceptors (Lipinski definition) is 1. The molecular formula is C14H24O2. The van der Waals surface area contributed by atoms with Crippen LogP contribution in [0.25, 0.3) is 0 Å². The van der Waals surface area contributed by atoms with Crippen LogP contribution in [-0.2, 0) is 4.79 Å². The molecule has 0 aliphatic heterocycles. The molecule has 0 amide bonds. The molecule has 1 atom stereocenters. The minimum Gasteiger partial charge on any atom is -0.478 e. The molecule has 1 unspecified atom stereocenters. The summed E-state index contributed by atoms with van der Waals surface area (Å²) in [5.74, 6) is -0.201. The minimum atomic E-state index is -0.828. The van der Waals surface area contributed by atoms with Crippen LogP contribution in [0.1, 0.15) is 52.9 Å². The standard InChI is InChI=1S/C14H24O2/c1-10(13(15)16)12(14(2,3)4)11-8-6-5-7-9-11/h11-12H,1,5-9H2,2-4H3,(H,15,16). The van der Waals surface area contributed by atoms with Crippen molar-refractivity contribution >= 4 is 5.97 Å². The lowest BCUT2D eigenvalue weighted by atomic mass is 9.65. The smallest absolute Gasteiger partial charge is 0.331 e. The van der Waals surface area contributed by atoms with Crippen LogP contribution in [0.2, 0.25) is 0 Å². The molecule has 1 saturated carbocycles. The van der Waals surface area contributed by atoms with E-state index in [9.17, 15) is 4.79 Å². The van der Waals surface area contributed by atoms with E-state index in [0.717, 1.165) is 12.8 Å². The summed E-state index contributed by atoms with van der Waals surface area (Å²) < 4.78 is 0. The number of aliphatic carboxylic acids is 1. The van der Waals surface area contributed by atoms with Gasteiger partial charge in [0.1, 0.15) is 0 Å². The van der Waals surface area contributed by atoms with E-state index < -0.39 is 5.97 Å². The van der Waals surface area contributed by atoms with E-state index in [1.807, 2.05) is 0 Å². The zero-order valence-corrected chi connectivity index (χ0v) is 10.8. The first kappa shape index (κ1) is 13.3. The highest BCUT2D eigenvalue weighted by Gasteiger charge is 2.37. The molecular weight excluding hydrogens is 200 g/mol. The van der Waals surface area contributed by atoms with Crippen LogP contribution in [-0.4, -0.2) is 11.1 Å². The highest BCUT2D eigenvalue weighted by molar-refractivity contribution is 5.86.